The third kappa shape index (κ3) is 5.31. The van der Waals surface area contributed by atoms with Crippen molar-refractivity contribution < 1.29 is 14.3 Å². The predicted molar refractivity (Wildman–Crippen MR) is 135 cm³/mol. The van der Waals surface area contributed by atoms with E-state index in [-0.39, 0.29) is 29.3 Å². The standard InChI is InChI=1S/C26H28ClN5O3/c1-15(2)35-25(34)32-22-8-6-17(19-11-16(13-28)5-7-21(19)27)12-20(22)23(31-32)30-24(33)18-9-10-26(3,4)29-14-18/h5-8,11-12,15,18,29H,9-10,14H2,1-4H3,(H,30,31,33)/t18-/m1/s1. The second-order valence-corrected chi connectivity index (χ2v) is 10.1. The van der Waals surface area contributed by atoms with Crippen molar-refractivity contribution in [2.45, 2.75) is 52.2 Å². The van der Waals surface area contributed by atoms with Crippen LogP contribution in [0.3, 0.4) is 0 Å². The molecule has 2 N–H and O–H groups in total. The molecule has 1 fully saturated rings. The normalized spacial score (nSPS) is 17.2. The van der Waals surface area contributed by atoms with Gasteiger partial charge < -0.3 is 15.4 Å². The summed E-state index contributed by atoms with van der Waals surface area (Å²) in [6.07, 6.45) is 0.660. The van der Waals surface area contributed by atoms with Crippen molar-refractivity contribution in [3.8, 4) is 17.2 Å². The number of hydrogen-bond acceptors (Lipinski definition) is 6. The van der Waals surface area contributed by atoms with Gasteiger partial charge in [0.1, 0.15) is 0 Å². The molecule has 0 aliphatic carbocycles. The molecule has 35 heavy (non-hydrogen) atoms. The zero-order valence-corrected chi connectivity index (χ0v) is 20.9. The number of nitrogens with one attached hydrogen (secondary N) is 2. The minimum atomic E-state index is -0.635. The number of amides is 1. The number of nitriles is 1. The number of aromatic nitrogens is 2. The molecule has 8 nitrogen and oxygen atoms in total. The van der Waals surface area contributed by atoms with Gasteiger partial charge in [-0.15, -0.1) is 5.10 Å². The first kappa shape index (κ1) is 24.7. The van der Waals surface area contributed by atoms with Gasteiger partial charge in [-0.3, -0.25) is 4.79 Å². The summed E-state index contributed by atoms with van der Waals surface area (Å²) in [6.45, 7) is 8.31. The number of anilines is 1. The first-order valence-electron chi connectivity index (χ1n) is 11.6. The van der Waals surface area contributed by atoms with E-state index in [4.69, 9.17) is 16.3 Å². The van der Waals surface area contributed by atoms with E-state index < -0.39 is 6.09 Å². The Balaban J connectivity index is 1.75. The van der Waals surface area contributed by atoms with E-state index in [9.17, 15) is 14.9 Å². The zero-order chi connectivity index (χ0) is 25.3. The SMILES string of the molecule is CC(C)OC(=O)n1nc(NC(=O)[C@@H]2CCC(C)(C)NC2)c2cc(-c3cc(C#N)ccc3Cl)ccc21. The highest BCUT2D eigenvalue weighted by Crippen LogP contribution is 2.34. The predicted octanol–water partition coefficient (Wildman–Crippen LogP) is 5.34. The fourth-order valence-electron chi connectivity index (χ4n) is 4.15. The Kier molecular flexibility index (Phi) is 6.84. The quantitative estimate of drug-likeness (QED) is 0.507. The number of carbonyl (C=O) groups excluding carboxylic acids is 2. The maximum Gasteiger partial charge on any atom is 0.435 e. The number of halogens is 1. The molecule has 1 amide bonds. The van der Waals surface area contributed by atoms with E-state index in [0.29, 0.717) is 33.6 Å². The van der Waals surface area contributed by atoms with Gasteiger partial charge in [-0.1, -0.05) is 17.7 Å². The molecule has 1 aromatic heterocycles. The number of benzene rings is 2. The zero-order valence-electron chi connectivity index (χ0n) is 20.2. The lowest BCUT2D eigenvalue weighted by atomic mass is 9.86. The summed E-state index contributed by atoms with van der Waals surface area (Å²) in [5.74, 6) is -0.104. The molecule has 3 aromatic rings. The lowest BCUT2D eigenvalue weighted by Crippen LogP contribution is -2.49. The Morgan fingerprint density at radius 1 is 1.29 bits per heavy atom. The van der Waals surface area contributed by atoms with Crippen molar-refractivity contribution in [1.29, 1.82) is 5.26 Å². The van der Waals surface area contributed by atoms with Crippen LogP contribution in [0, 0.1) is 17.2 Å². The minimum Gasteiger partial charge on any atom is -0.445 e. The highest BCUT2D eigenvalue weighted by Gasteiger charge is 2.31. The second kappa shape index (κ2) is 9.68. The van der Waals surface area contributed by atoms with Gasteiger partial charge in [-0.05, 0) is 76.4 Å². The van der Waals surface area contributed by atoms with Crippen molar-refractivity contribution in [3.63, 3.8) is 0 Å². The van der Waals surface area contributed by atoms with Crippen LogP contribution in [0.4, 0.5) is 10.6 Å². The van der Waals surface area contributed by atoms with Crippen molar-refractivity contribution in [2.24, 2.45) is 5.92 Å². The van der Waals surface area contributed by atoms with Crippen LogP contribution >= 0.6 is 11.6 Å². The third-order valence-corrected chi connectivity index (χ3v) is 6.48. The summed E-state index contributed by atoms with van der Waals surface area (Å²) >= 11 is 6.42. The average Bonchev–Trinajstić information content (AvgIpc) is 3.16. The average molecular weight is 494 g/mol. The first-order valence-corrected chi connectivity index (χ1v) is 12.0. The maximum atomic E-state index is 13.1. The molecule has 4 rings (SSSR count). The first-order chi connectivity index (χ1) is 16.6. The molecule has 0 spiro atoms. The van der Waals surface area contributed by atoms with Gasteiger partial charge in [0, 0.05) is 28.1 Å². The lowest BCUT2D eigenvalue weighted by molar-refractivity contribution is -0.120. The molecule has 9 heteroatoms. The summed E-state index contributed by atoms with van der Waals surface area (Å²) in [7, 11) is 0. The van der Waals surface area contributed by atoms with Crippen molar-refractivity contribution in [3.05, 3.63) is 47.0 Å². The number of ether oxygens (including phenoxy) is 1. The van der Waals surface area contributed by atoms with Crippen molar-refractivity contribution in [2.75, 3.05) is 11.9 Å². The summed E-state index contributed by atoms with van der Waals surface area (Å²) in [6, 6.07) is 12.5. The molecule has 2 heterocycles. The van der Waals surface area contributed by atoms with E-state index >= 15 is 0 Å². The van der Waals surface area contributed by atoms with E-state index in [1.54, 1.807) is 44.2 Å². The van der Waals surface area contributed by atoms with Crippen molar-refractivity contribution in [1.82, 2.24) is 15.1 Å². The van der Waals surface area contributed by atoms with Gasteiger partial charge in [0.05, 0.1) is 29.2 Å². The van der Waals surface area contributed by atoms with Crippen LogP contribution in [0.2, 0.25) is 5.02 Å². The fraction of sp³-hybridized carbons (Fsp3) is 0.385. The Morgan fingerprint density at radius 3 is 2.71 bits per heavy atom. The molecular formula is C26H28ClN5O3. The van der Waals surface area contributed by atoms with Gasteiger partial charge in [0.15, 0.2) is 5.82 Å². The summed E-state index contributed by atoms with van der Waals surface area (Å²) < 4.78 is 6.50. The second-order valence-electron chi connectivity index (χ2n) is 9.72. The molecule has 0 bridgehead atoms. The molecule has 0 saturated carbocycles. The number of rotatable bonds is 4. The summed E-state index contributed by atoms with van der Waals surface area (Å²) in [5.41, 5.74) is 2.36. The number of carbonyl (C=O) groups is 2. The smallest absolute Gasteiger partial charge is 0.435 e. The molecule has 1 aliphatic rings. The Morgan fingerprint density at radius 2 is 2.06 bits per heavy atom. The Labute approximate surface area is 209 Å². The lowest BCUT2D eigenvalue weighted by Gasteiger charge is -2.35. The van der Waals surface area contributed by atoms with Crippen LogP contribution in [0.1, 0.15) is 46.1 Å². The molecule has 2 aromatic carbocycles. The van der Waals surface area contributed by atoms with Gasteiger partial charge in [-0.2, -0.15) is 9.94 Å². The largest absolute Gasteiger partial charge is 0.445 e. The number of fused-ring (bicyclic) bond motifs is 1. The van der Waals surface area contributed by atoms with E-state index in [1.807, 2.05) is 6.07 Å². The highest BCUT2D eigenvalue weighted by atomic mass is 35.5. The molecular weight excluding hydrogens is 466 g/mol. The van der Waals surface area contributed by atoms with Crippen LogP contribution in [-0.2, 0) is 9.53 Å². The highest BCUT2D eigenvalue weighted by molar-refractivity contribution is 6.33. The minimum absolute atomic E-state index is 0.00219. The molecule has 0 radical (unpaired) electrons. The van der Waals surface area contributed by atoms with Gasteiger partial charge in [0.25, 0.3) is 0 Å². The number of piperidine rings is 1. The van der Waals surface area contributed by atoms with E-state index in [0.717, 1.165) is 23.1 Å². The maximum absolute atomic E-state index is 13.1. The van der Waals surface area contributed by atoms with Crippen LogP contribution in [-0.4, -0.2) is 40.0 Å². The Hall–Kier alpha value is -3.41. The molecule has 182 valence electrons. The van der Waals surface area contributed by atoms with Crippen LogP contribution in [0.25, 0.3) is 22.0 Å². The Bertz CT molecular complexity index is 1330. The third-order valence-electron chi connectivity index (χ3n) is 6.15. The van der Waals surface area contributed by atoms with Gasteiger partial charge in [0.2, 0.25) is 5.91 Å². The molecule has 1 aliphatic heterocycles. The van der Waals surface area contributed by atoms with Crippen LogP contribution < -0.4 is 10.6 Å². The van der Waals surface area contributed by atoms with Crippen LogP contribution in [0.5, 0.6) is 0 Å². The number of hydrogen-bond donors (Lipinski definition) is 2. The number of nitrogens with zero attached hydrogens (tertiary/aromatic N) is 3. The van der Waals surface area contributed by atoms with Crippen molar-refractivity contribution >= 4 is 40.3 Å². The van der Waals surface area contributed by atoms with Gasteiger partial charge in [-0.25, -0.2) is 4.79 Å². The molecule has 1 saturated heterocycles. The summed E-state index contributed by atoms with van der Waals surface area (Å²) in [5, 5.41) is 21.1. The summed E-state index contributed by atoms with van der Waals surface area (Å²) in [4.78, 5) is 25.8. The monoisotopic (exact) mass is 493 g/mol. The van der Waals surface area contributed by atoms with E-state index in [1.165, 1.54) is 0 Å². The van der Waals surface area contributed by atoms with Crippen LogP contribution in [0.15, 0.2) is 36.4 Å². The van der Waals surface area contributed by atoms with E-state index in [2.05, 4.69) is 35.6 Å². The topological polar surface area (TPSA) is 109 Å². The molecule has 1 atom stereocenters. The molecule has 0 unspecified atom stereocenters. The van der Waals surface area contributed by atoms with Gasteiger partial charge >= 0.3 is 6.09 Å². The fourth-order valence-corrected chi connectivity index (χ4v) is 4.38.